The van der Waals surface area contributed by atoms with E-state index in [0.717, 1.165) is 133 Å². The van der Waals surface area contributed by atoms with E-state index in [-0.39, 0.29) is 0 Å². The van der Waals surface area contributed by atoms with E-state index in [9.17, 15) is 0 Å². The molecule has 75 heavy (non-hydrogen) atoms. The minimum Gasteiger partial charge on any atom is -0.493 e. The lowest BCUT2D eigenvalue weighted by atomic mass is 9.88. The molecule has 3 rings (SSSR count). The fourth-order valence-corrected chi connectivity index (χ4v) is 10.1. The normalized spacial score (nSPS) is 16.7. The molecule has 416 valence electrons. The Balaban J connectivity index is 1.41. The average molecular weight is 1030 g/mol. The van der Waals surface area contributed by atoms with Gasteiger partial charge in [-0.1, -0.05) is 130 Å². The van der Waals surface area contributed by atoms with Gasteiger partial charge in [-0.25, -0.2) is 0 Å². The molecular formula is C69H106N2O4. The summed E-state index contributed by atoms with van der Waals surface area (Å²) >= 11 is 0. The van der Waals surface area contributed by atoms with Crippen molar-refractivity contribution < 1.29 is 18.9 Å². The predicted octanol–water partition coefficient (Wildman–Crippen LogP) is 19.4. The summed E-state index contributed by atoms with van der Waals surface area (Å²) in [5, 5.41) is 3.96. The summed E-state index contributed by atoms with van der Waals surface area (Å²) in [6.07, 6.45) is 45.1. The first-order chi connectivity index (χ1) is 36.1. The summed E-state index contributed by atoms with van der Waals surface area (Å²) in [4.78, 5) is 2.68. The summed E-state index contributed by atoms with van der Waals surface area (Å²) in [6.45, 7) is 25.3. The van der Waals surface area contributed by atoms with Crippen molar-refractivity contribution in [2.45, 2.75) is 223 Å². The topological polar surface area (TPSA) is 52.2 Å². The summed E-state index contributed by atoms with van der Waals surface area (Å²) in [6, 6.07) is 13.4. The van der Waals surface area contributed by atoms with Crippen LogP contribution in [-0.2, 0) is 13.1 Å². The minimum atomic E-state index is 0.378. The maximum Gasteiger partial charge on any atom is 0.161 e. The quantitative estimate of drug-likeness (QED) is 0.0687. The Morgan fingerprint density at radius 2 is 0.760 bits per heavy atom. The maximum absolute atomic E-state index is 5.72. The number of rotatable bonds is 36. The number of allylic oxidation sites excluding steroid dienone is 17. The first-order valence-electron chi connectivity index (χ1n) is 28.9. The average Bonchev–Trinajstić information content (AvgIpc) is 3.39. The van der Waals surface area contributed by atoms with Crippen molar-refractivity contribution >= 4 is 0 Å². The maximum atomic E-state index is 5.72. The molecule has 0 spiro atoms. The van der Waals surface area contributed by atoms with Gasteiger partial charge in [0.25, 0.3) is 0 Å². The molecule has 1 saturated carbocycles. The molecule has 0 heterocycles. The monoisotopic (exact) mass is 1030 g/mol. The smallest absolute Gasteiger partial charge is 0.161 e. The van der Waals surface area contributed by atoms with Crippen LogP contribution in [0.3, 0.4) is 0 Å². The van der Waals surface area contributed by atoms with Gasteiger partial charge in [-0.2, -0.15) is 0 Å². The van der Waals surface area contributed by atoms with Crippen molar-refractivity contribution in [3.05, 3.63) is 152 Å². The fraction of sp³-hybridized carbons (Fsp3) is 0.565. The van der Waals surface area contributed by atoms with E-state index in [1.807, 2.05) is 12.1 Å². The van der Waals surface area contributed by atoms with Gasteiger partial charge in [-0.15, -0.1) is 0 Å². The van der Waals surface area contributed by atoms with Gasteiger partial charge in [0.2, 0.25) is 0 Å². The molecule has 0 unspecified atom stereocenters. The molecule has 0 aromatic heterocycles. The van der Waals surface area contributed by atoms with Crippen molar-refractivity contribution in [2.75, 3.05) is 35.0 Å². The van der Waals surface area contributed by atoms with Crippen LogP contribution in [0.1, 0.15) is 209 Å². The third-order valence-electron chi connectivity index (χ3n) is 15.0. The molecular weight excluding hydrogens is 921 g/mol. The van der Waals surface area contributed by atoms with Crippen LogP contribution in [0.15, 0.2) is 141 Å². The Hall–Kier alpha value is -4.78. The molecule has 2 atom stereocenters. The van der Waals surface area contributed by atoms with Crippen LogP contribution in [0.4, 0.5) is 0 Å². The molecule has 0 radical (unpaired) electrons. The van der Waals surface area contributed by atoms with E-state index in [0.29, 0.717) is 12.1 Å². The number of methoxy groups -OCH3 is 4. The van der Waals surface area contributed by atoms with Crippen LogP contribution in [0.25, 0.3) is 0 Å². The van der Waals surface area contributed by atoms with Crippen molar-refractivity contribution in [2.24, 2.45) is 0 Å². The third-order valence-corrected chi connectivity index (χ3v) is 15.0. The second-order valence-electron chi connectivity index (χ2n) is 22.1. The molecule has 1 N–H and O–H groups in total. The Morgan fingerprint density at radius 1 is 0.427 bits per heavy atom. The zero-order valence-electron chi connectivity index (χ0n) is 50.2. The van der Waals surface area contributed by atoms with Gasteiger partial charge in [0, 0.05) is 31.7 Å². The molecule has 0 bridgehead atoms. The second kappa shape index (κ2) is 37.9. The fourth-order valence-electron chi connectivity index (χ4n) is 10.1. The van der Waals surface area contributed by atoms with E-state index in [2.05, 4.69) is 158 Å². The largest absolute Gasteiger partial charge is 0.493 e. The van der Waals surface area contributed by atoms with E-state index in [4.69, 9.17) is 18.9 Å². The summed E-state index contributed by atoms with van der Waals surface area (Å²) in [7, 11) is 6.80. The Labute approximate surface area is 460 Å². The van der Waals surface area contributed by atoms with Crippen LogP contribution in [0, 0.1) is 0 Å². The number of benzene rings is 2. The van der Waals surface area contributed by atoms with Crippen molar-refractivity contribution in [3.8, 4) is 23.0 Å². The van der Waals surface area contributed by atoms with E-state index < -0.39 is 0 Å². The lowest BCUT2D eigenvalue weighted by molar-refractivity contribution is 0.126. The van der Waals surface area contributed by atoms with Crippen LogP contribution in [0.2, 0.25) is 0 Å². The highest BCUT2D eigenvalue weighted by atomic mass is 16.5. The first-order valence-corrected chi connectivity index (χ1v) is 28.9. The van der Waals surface area contributed by atoms with Crippen molar-refractivity contribution in [1.82, 2.24) is 10.2 Å². The molecule has 6 nitrogen and oxygen atoms in total. The van der Waals surface area contributed by atoms with Gasteiger partial charge < -0.3 is 24.3 Å². The van der Waals surface area contributed by atoms with E-state index >= 15 is 0 Å². The molecule has 0 amide bonds. The highest BCUT2D eigenvalue weighted by Gasteiger charge is 2.30. The predicted molar refractivity (Wildman–Crippen MR) is 326 cm³/mol. The third kappa shape index (κ3) is 27.7. The summed E-state index contributed by atoms with van der Waals surface area (Å²) in [5.41, 5.74) is 15.9. The zero-order chi connectivity index (χ0) is 54.8. The van der Waals surface area contributed by atoms with Gasteiger partial charge in [0.1, 0.15) is 0 Å². The minimum absolute atomic E-state index is 0.378. The van der Waals surface area contributed by atoms with Crippen molar-refractivity contribution in [3.63, 3.8) is 0 Å². The first kappa shape index (κ1) is 64.5. The Morgan fingerprint density at radius 3 is 1.13 bits per heavy atom. The summed E-state index contributed by atoms with van der Waals surface area (Å²) in [5.74, 6) is 3.07. The molecule has 1 aliphatic carbocycles. The molecule has 2 aromatic carbocycles. The highest BCUT2D eigenvalue weighted by Crippen LogP contribution is 2.32. The van der Waals surface area contributed by atoms with Gasteiger partial charge in [-0.3, -0.25) is 4.90 Å². The number of hydrogen-bond donors (Lipinski definition) is 1. The molecule has 1 aliphatic rings. The molecule has 0 saturated heterocycles. The second-order valence-corrected chi connectivity index (χ2v) is 22.1. The molecule has 6 heteroatoms. The van der Waals surface area contributed by atoms with Crippen LogP contribution >= 0.6 is 0 Å². The Bertz CT molecular complexity index is 2260. The molecule has 2 aromatic rings. The van der Waals surface area contributed by atoms with Gasteiger partial charge in [-0.05, 0) is 220 Å². The van der Waals surface area contributed by atoms with Crippen LogP contribution < -0.4 is 24.3 Å². The number of nitrogens with one attached hydrogen (secondary N) is 1. The lowest BCUT2D eigenvalue weighted by Gasteiger charge is -2.40. The Kier molecular flexibility index (Phi) is 32.6. The van der Waals surface area contributed by atoms with Gasteiger partial charge in [0.05, 0.1) is 28.4 Å². The van der Waals surface area contributed by atoms with Crippen LogP contribution in [-0.4, -0.2) is 52.0 Å². The van der Waals surface area contributed by atoms with Gasteiger partial charge in [0.15, 0.2) is 23.0 Å². The number of ether oxygens (including phenoxy) is 4. The standard InChI is InChI=1S/C69H106N2O4/c1-53(2)25-17-26-54(3)27-18-28-55(4)29-19-30-56(5)31-20-32-57(6)33-21-34-58(7)35-22-36-59(8)37-23-38-60(9)39-24-40-61(10)47-48-71(52-63-44-46-67(73-12)69(50-63)75-14)65-42-16-15-41-64(65)70-51-62-43-45-66(72-11)68(49-62)74-13/h25,27,29,31,33,35,37,39,43-47,49-50,64-65,70H,15-24,26,28,30,32,34,36,38,40-42,48,51-52H2,1-14H3/b54-27+,55-29+,56-31+,57-33+,58-35+,59-37+,60-39+,61-47+/t64-,65-/m1/s1. The summed E-state index contributed by atoms with van der Waals surface area (Å²) < 4.78 is 22.4. The molecule has 0 aliphatic heterocycles. The van der Waals surface area contributed by atoms with E-state index in [1.165, 1.54) is 99.8 Å². The van der Waals surface area contributed by atoms with Gasteiger partial charge >= 0.3 is 0 Å². The number of nitrogens with zero attached hydrogens (tertiary/aromatic N) is 1. The zero-order valence-corrected chi connectivity index (χ0v) is 50.2. The van der Waals surface area contributed by atoms with Crippen LogP contribution in [0.5, 0.6) is 23.0 Å². The lowest BCUT2D eigenvalue weighted by Crippen LogP contribution is -2.51. The van der Waals surface area contributed by atoms with E-state index in [1.54, 1.807) is 28.4 Å². The highest BCUT2D eigenvalue weighted by molar-refractivity contribution is 5.44. The number of hydrogen-bond acceptors (Lipinski definition) is 6. The molecule has 1 fully saturated rings. The van der Waals surface area contributed by atoms with Crippen molar-refractivity contribution in [1.29, 1.82) is 0 Å². The SMILES string of the molecule is COc1ccc(CN[C@@H]2CCCC[C@H]2N(C/C=C(\C)CC/C=C(\C)CC/C=C(\C)CC/C=C(\C)CC/C=C(\C)CC/C=C(\C)CC/C=C(\C)CC/C=C(\C)CCC=C(C)C)Cc2ccc(OC)c(OC)c2)cc1OC.